The zero-order valence-corrected chi connectivity index (χ0v) is 10.5. The molecule has 1 aromatic rings. The molecular formula is C10H17N5S. The molecule has 1 unspecified atom stereocenters. The van der Waals surface area contributed by atoms with Gasteiger partial charge < -0.3 is 9.88 Å². The van der Waals surface area contributed by atoms with Gasteiger partial charge in [0.1, 0.15) is 12.2 Å². The molecular weight excluding hydrogens is 222 g/mol. The lowest BCUT2D eigenvalue weighted by molar-refractivity contribution is 0.749. The van der Waals surface area contributed by atoms with E-state index in [0.29, 0.717) is 5.25 Å². The Kier molecular flexibility index (Phi) is 3.82. The number of rotatable bonds is 4. The summed E-state index contributed by atoms with van der Waals surface area (Å²) in [5, 5.41) is 13.0. The largest absolute Gasteiger partial charge is 0.364 e. The topological polar surface area (TPSA) is 55.1 Å². The number of thioether (sulfide) groups is 1. The van der Waals surface area contributed by atoms with Crippen LogP contribution in [0.4, 0.5) is 0 Å². The van der Waals surface area contributed by atoms with Crippen molar-refractivity contribution in [2.45, 2.75) is 25.0 Å². The van der Waals surface area contributed by atoms with Crippen molar-refractivity contribution in [1.82, 2.24) is 20.1 Å². The molecule has 0 spiro atoms. The van der Waals surface area contributed by atoms with Crippen molar-refractivity contribution in [2.24, 2.45) is 12.0 Å². The third-order valence-electron chi connectivity index (χ3n) is 2.60. The predicted octanol–water partition coefficient (Wildman–Crippen LogP) is 0.829. The summed E-state index contributed by atoms with van der Waals surface area (Å²) in [6.45, 7) is 4.03. The average Bonchev–Trinajstić information content (AvgIpc) is 2.89. The van der Waals surface area contributed by atoms with Crippen molar-refractivity contribution in [1.29, 1.82) is 0 Å². The first kappa shape index (κ1) is 11.4. The van der Waals surface area contributed by atoms with Gasteiger partial charge in [0, 0.05) is 25.3 Å². The second-order valence-corrected chi connectivity index (χ2v) is 5.12. The number of hydrogen-bond donors (Lipinski definition) is 1. The zero-order chi connectivity index (χ0) is 11.4. The van der Waals surface area contributed by atoms with E-state index in [4.69, 9.17) is 0 Å². The molecule has 5 nitrogen and oxygen atoms in total. The molecule has 1 N–H and O–H groups in total. The van der Waals surface area contributed by atoms with E-state index in [-0.39, 0.29) is 0 Å². The van der Waals surface area contributed by atoms with Crippen LogP contribution in [0.3, 0.4) is 0 Å². The van der Waals surface area contributed by atoms with Gasteiger partial charge in [0.05, 0.1) is 6.54 Å². The first-order valence-electron chi connectivity index (χ1n) is 5.57. The number of nitrogens with zero attached hydrogens (tertiary/aromatic N) is 4. The fourth-order valence-electron chi connectivity index (χ4n) is 1.54. The van der Waals surface area contributed by atoms with E-state index in [1.54, 1.807) is 6.33 Å². The minimum absolute atomic E-state index is 0.664. The minimum atomic E-state index is 0.664. The molecule has 1 aromatic heterocycles. The summed E-state index contributed by atoms with van der Waals surface area (Å²) in [6.07, 6.45) is 3.79. The highest BCUT2D eigenvalue weighted by molar-refractivity contribution is 8.14. The Labute approximate surface area is 99.7 Å². The summed E-state index contributed by atoms with van der Waals surface area (Å²) in [5.41, 5.74) is 0. The molecule has 0 saturated carbocycles. The van der Waals surface area contributed by atoms with E-state index in [1.807, 2.05) is 23.4 Å². The van der Waals surface area contributed by atoms with Crippen LogP contribution in [0.25, 0.3) is 0 Å². The fraction of sp³-hybridized carbons (Fsp3) is 0.700. The lowest BCUT2D eigenvalue weighted by Gasteiger charge is -2.06. The van der Waals surface area contributed by atoms with Crippen molar-refractivity contribution in [2.75, 3.05) is 13.1 Å². The van der Waals surface area contributed by atoms with E-state index in [2.05, 4.69) is 27.4 Å². The Morgan fingerprint density at radius 3 is 3.12 bits per heavy atom. The Bertz CT molecular complexity index is 373. The van der Waals surface area contributed by atoms with Crippen LogP contribution in [0, 0.1) is 0 Å². The molecule has 16 heavy (non-hydrogen) atoms. The molecule has 0 fully saturated rings. The standard InChI is InChI=1S/C10H17N5S/c1-3-8-6-12-10(16-8)11-5-4-9-14-13-7-15(9)2/h7-8H,3-6H2,1-2H3,(H,11,12). The average molecular weight is 239 g/mol. The van der Waals surface area contributed by atoms with Crippen molar-refractivity contribution in [3.63, 3.8) is 0 Å². The van der Waals surface area contributed by atoms with E-state index >= 15 is 0 Å². The first-order valence-corrected chi connectivity index (χ1v) is 6.45. The van der Waals surface area contributed by atoms with Crippen LogP contribution in [0.2, 0.25) is 0 Å². The highest BCUT2D eigenvalue weighted by Gasteiger charge is 2.17. The van der Waals surface area contributed by atoms with Gasteiger partial charge in [0.25, 0.3) is 0 Å². The van der Waals surface area contributed by atoms with Crippen LogP contribution in [-0.2, 0) is 13.5 Å². The van der Waals surface area contributed by atoms with Crippen LogP contribution >= 0.6 is 11.8 Å². The molecule has 0 saturated heterocycles. The molecule has 2 rings (SSSR count). The van der Waals surface area contributed by atoms with Crippen LogP contribution < -0.4 is 5.32 Å². The maximum atomic E-state index is 4.45. The zero-order valence-electron chi connectivity index (χ0n) is 9.68. The molecule has 1 aliphatic heterocycles. The van der Waals surface area contributed by atoms with Crippen molar-refractivity contribution < 1.29 is 0 Å². The Morgan fingerprint density at radius 2 is 2.50 bits per heavy atom. The number of nitrogens with one attached hydrogen (secondary N) is 1. The van der Waals surface area contributed by atoms with Gasteiger partial charge in [-0.3, -0.25) is 4.99 Å². The number of aryl methyl sites for hydroxylation is 1. The van der Waals surface area contributed by atoms with Gasteiger partial charge in [0.15, 0.2) is 5.17 Å². The van der Waals surface area contributed by atoms with Crippen LogP contribution in [-0.4, -0.2) is 38.3 Å². The summed E-state index contributed by atoms with van der Waals surface area (Å²) < 4.78 is 1.94. The van der Waals surface area contributed by atoms with E-state index in [9.17, 15) is 0 Å². The Balaban J connectivity index is 1.71. The molecule has 2 heterocycles. The molecule has 1 aliphatic rings. The second-order valence-electron chi connectivity index (χ2n) is 3.83. The molecule has 0 amide bonds. The monoisotopic (exact) mass is 239 g/mol. The molecule has 6 heteroatoms. The maximum absolute atomic E-state index is 4.45. The van der Waals surface area contributed by atoms with Gasteiger partial charge in [-0.2, -0.15) is 0 Å². The van der Waals surface area contributed by atoms with E-state index in [0.717, 1.165) is 30.5 Å². The third kappa shape index (κ3) is 2.75. The van der Waals surface area contributed by atoms with Gasteiger partial charge in [0.2, 0.25) is 0 Å². The number of hydrogen-bond acceptors (Lipinski definition) is 5. The first-order chi connectivity index (χ1) is 7.79. The fourth-order valence-corrected chi connectivity index (χ4v) is 2.51. The highest BCUT2D eigenvalue weighted by atomic mass is 32.2. The van der Waals surface area contributed by atoms with Crippen LogP contribution in [0.15, 0.2) is 11.3 Å². The minimum Gasteiger partial charge on any atom is -0.364 e. The number of aromatic nitrogens is 3. The van der Waals surface area contributed by atoms with E-state index in [1.165, 1.54) is 6.42 Å². The number of amidine groups is 1. The smallest absolute Gasteiger partial charge is 0.156 e. The normalized spacial score (nSPS) is 19.9. The maximum Gasteiger partial charge on any atom is 0.156 e. The highest BCUT2D eigenvalue weighted by Crippen LogP contribution is 2.21. The van der Waals surface area contributed by atoms with Crippen molar-refractivity contribution in [3.8, 4) is 0 Å². The lowest BCUT2D eigenvalue weighted by Crippen LogP contribution is -2.23. The van der Waals surface area contributed by atoms with Gasteiger partial charge >= 0.3 is 0 Å². The van der Waals surface area contributed by atoms with Gasteiger partial charge in [-0.15, -0.1) is 10.2 Å². The Hall–Kier alpha value is -1.04. The quantitative estimate of drug-likeness (QED) is 0.845. The van der Waals surface area contributed by atoms with Crippen LogP contribution in [0.1, 0.15) is 19.2 Å². The van der Waals surface area contributed by atoms with Gasteiger partial charge in [-0.25, -0.2) is 0 Å². The Morgan fingerprint density at radius 1 is 1.62 bits per heavy atom. The molecule has 0 aromatic carbocycles. The summed E-state index contributed by atoms with van der Waals surface area (Å²) in [4.78, 5) is 4.45. The summed E-state index contributed by atoms with van der Waals surface area (Å²) in [5.74, 6) is 1.00. The molecule has 0 radical (unpaired) electrons. The SMILES string of the molecule is CCC1CN=C(NCCc2nncn2C)S1. The molecule has 88 valence electrons. The summed E-state index contributed by atoms with van der Waals surface area (Å²) in [7, 11) is 1.96. The summed E-state index contributed by atoms with van der Waals surface area (Å²) >= 11 is 1.85. The summed E-state index contributed by atoms with van der Waals surface area (Å²) in [6, 6.07) is 0. The second kappa shape index (κ2) is 5.34. The molecule has 1 atom stereocenters. The van der Waals surface area contributed by atoms with E-state index < -0.39 is 0 Å². The lowest BCUT2D eigenvalue weighted by atomic mass is 10.3. The van der Waals surface area contributed by atoms with Gasteiger partial charge in [-0.1, -0.05) is 18.7 Å². The number of aliphatic imine (C=N–C) groups is 1. The molecule has 0 bridgehead atoms. The van der Waals surface area contributed by atoms with Crippen LogP contribution in [0.5, 0.6) is 0 Å². The van der Waals surface area contributed by atoms with Gasteiger partial charge in [-0.05, 0) is 6.42 Å². The third-order valence-corrected chi connectivity index (χ3v) is 3.91. The van der Waals surface area contributed by atoms with Crippen molar-refractivity contribution in [3.05, 3.63) is 12.2 Å². The van der Waals surface area contributed by atoms with Crippen molar-refractivity contribution >= 4 is 16.9 Å². The molecule has 0 aliphatic carbocycles. The predicted molar refractivity (Wildman–Crippen MR) is 66.7 cm³/mol.